The average molecular weight is 356 g/mol. The number of nitrogens with zero attached hydrogens (tertiary/aromatic N) is 4. The van der Waals surface area contributed by atoms with E-state index in [9.17, 15) is 4.39 Å². The van der Waals surface area contributed by atoms with Crippen LogP contribution in [0.25, 0.3) is 0 Å². The van der Waals surface area contributed by atoms with Crippen LogP contribution >= 0.6 is 0 Å². The van der Waals surface area contributed by atoms with Gasteiger partial charge in [-0.2, -0.15) is 0 Å². The second-order valence-corrected chi connectivity index (χ2v) is 7.48. The number of hydrogen-bond acceptors (Lipinski definition) is 5. The van der Waals surface area contributed by atoms with Crippen LogP contribution in [0, 0.1) is 11.2 Å². The largest absolute Gasteiger partial charge is 0.379 e. The quantitative estimate of drug-likeness (QED) is 0.846. The molecule has 0 bridgehead atoms. The third-order valence-corrected chi connectivity index (χ3v) is 5.37. The Hall–Kier alpha value is -2.05. The van der Waals surface area contributed by atoms with E-state index in [0.29, 0.717) is 0 Å². The lowest BCUT2D eigenvalue weighted by Gasteiger charge is -2.43. The lowest BCUT2D eigenvalue weighted by molar-refractivity contribution is 0.0106. The fourth-order valence-corrected chi connectivity index (χ4v) is 4.18. The Kier molecular flexibility index (Phi) is 5.13. The van der Waals surface area contributed by atoms with Crippen LogP contribution < -0.4 is 4.90 Å². The van der Waals surface area contributed by atoms with Gasteiger partial charge in [0.25, 0.3) is 0 Å². The maximum Gasteiger partial charge on any atom is 0.147 e. The van der Waals surface area contributed by atoms with Crippen LogP contribution in [0.4, 0.5) is 10.2 Å². The first-order valence-corrected chi connectivity index (χ1v) is 9.28. The Bertz CT molecular complexity index is 712. The molecule has 1 aromatic heterocycles. The summed E-state index contributed by atoms with van der Waals surface area (Å²) < 4.78 is 19.1. The molecule has 3 heterocycles. The molecule has 0 amide bonds. The van der Waals surface area contributed by atoms with Crippen molar-refractivity contribution in [1.29, 1.82) is 0 Å². The van der Waals surface area contributed by atoms with E-state index in [2.05, 4.69) is 19.8 Å². The summed E-state index contributed by atoms with van der Waals surface area (Å²) in [6, 6.07) is 6.84. The van der Waals surface area contributed by atoms with Gasteiger partial charge in [0.2, 0.25) is 0 Å². The van der Waals surface area contributed by atoms with Gasteiger partial charge >= 0.3 is 0 Å². The van der Waals surface area contributed by atoms with Crippen LogP contribution in [0.2, 0.25) is 0 Å². The van der Waals surface area contributed by atoms with Crippen molar-refractivity contribution in [1.82, 2.24) is 14.9 Å². The molecule has 0 radical (unpaired) electrons. The molecule has 2 aliphatic rings. The van der Waals surface area contributed by atoms with Crippen LogP contribution in [0.15, 0.2) is 42.9 Å². The van der Waals surface area contributed by atoms with Gasteiger partial charge in [0, 0.05) is 44.0 Å². The normalized spacial score (nSPS) is 24.6. The molecular formula is C20H25FN4O. The number of aromatic nitrogens is 2. The minimum absolute atomic E-state index is 0.103. The SMILES string of the molecule is Fc1ccc(CN2CCC[C@@]3(COCCN(c4cnccn4)C3)C2)cc1. The molecule has 1 spiro atoms. The first kappa shape index (κ1) is 17.4. The fourth-order valence-electron chi connectivity index (χ4n) is 4.18. The number of likely N-dealkylation sites (tertiary alicyclic amines) is 1. The number of hydrogen-bond donors (Lipinski definition) is 0. The van der Waals surface area contributed by atoms with Crippen LogP contribution in [-0.4, -0.2) is 54.3 Å². The van der Waals surface area contributed by atoms with Crippen LogP contribution in [0.1, 0.15) is 18.4 Å². The first-order chi connectivity index (χ1) is 12.7. The molecule has 138 valence electrons. The molecule has 1 atom stereocenters. The number of piperidine rings is 1. The zero-order valence-corrected chi connectivity index (χ0v) is 15.0. The van der Waals surface area contributed by atoms with E-state index in [0.717, 1.165) is 70.2 Å². The Balaban J connectivity index is 1.48. The molecule has 0 unspecified atom stereocenters. The number of anilines is 1. The molecule has 0 aliphatic carbocycles. The van der Waals surface area contributed by atoms with Crippen molar-refractivity contribution in [3.63, 3.8) is 0 Å². The molecule has 2 saturated heterocycles. The first-order valence-electron chi connectivity index (χ1n) is 9.28. The van der Waals surface area contributed by atoms with Gasteiger partial charge in [0.15, 0.2) is 0 Å². The van der Waals surface area contributed by atoms with E-state index >= 15 is 0 Å². The summed E-state index contributed by atoms with van der Waals surface area (Å²) in [5.41, 5.74) is 1.26. The third kappa shape index (κ3) is 4.02. The zero-order valence-electron chi connectivity index (χ0n) is 15.0. The average Bonchev–Trinajstić information content (AvgIpc) is 2.87. The minimum Gasteiger partial charge on any atom is -0.379 e. The molecule has 5 nitrogen and oxygen atoms in total. The molecule has 1 aromatic carbocycles. The van der Waals surface area contributed by atoms with Gasteiger partial charge in [-0.3, -0.25) is 9.88 Å². The molecular weight excluding hydrogens is 331 g/mol. The molecule has 26 heavy (non-hydrogen) atoms. The van der Waals surface area contributed by atoms with Crippen LogP contribution in [0.3, 0.4) is 0 Å². The monoisotopic (exact) mass is 356 g/mol. The summed E-state index contributed by atoms with van der Waals surface area (Å²) in [5, 5.41) is 0. The van der Waals surface area contributed by atoms with Crippen molar-refractivity contribution in [2.24, 2.45) is 5.41 Å². The predicted octanol–water partition coefficient (Wildman–Crippen LogP) is 2.73. The highest BCUT2D eigenvalue weighted by molar-refractivity contribution is 5.36. The van der Waals surface area contributed by atoms with Gasteiger partial charge in [-0.25, -0.2) is 9.37 Å². The van der Waals surface area contributed by atoms with Crippen molar-refractivity contribution in [3.05, 3.63) is 54.2 Å². The Morgan fingerprint density at radius 3 is 2.81 bits per heavy atom. The number of halogens is 1. The van der Waals surface area contributed by atoms with E-state index in [1.54, 1.807) is 24.5 Å². The second kappa shape index (κ2) is 7.68. The molecule has 2 aromatic rings. The third-order valence-electron chi connectivity index (χ3n) is 5.37. The number of rotatable bonds is 3. The highest BCUT2D eigenvalue weighted by Crippen LogP contribution is 2.34. The van der Waals surface area contributed by atoms with E-state index in [1.165, 1.54) is 0 Å². The molecule has 0 saturated carbocycles. The summed E-state index contributed by atoms with van der Waals surface area (Å²) in [4.78, 5) is 13.5. The van der Waals surface area contributed by atoms with E-state index in [-0.39, 0.29) is 11.2 Å². The van der Waals surface area contributed by atoms with E-state index < -0.39 is 0 Å². The van der Waals surface area contributed by atoms with Crippen molar-refractivity contribution >= 4 is 5.82 Å². The van der Waals surface area contributed by atoms with Gasteiger partial charge in [-0.05, 0) is 37.1 Å². The van der Waals surface area contributed by atoms with Crippen LogP contribution in [0.5, 0.6) is 0 Å². The molecule has 6 heteroatoms. The van der Waals surface area contributed by atoms with Crippen molar-refractivity contribution in [2.45, 2.75) is 19.4 Å². The highest BCUT2D eigenvalue weighted by Gasteiger charge is 2.39. The maximum atomic E-state index is 13.2. The Labute approximate surface area is 153 Å². The summed E-state index contributed by atoms with van der Waals surface area (Å²) >= 11 is 0. The second-order valence-electron chi connectivity index (χ2n) is 7.48. The lowest BCUT2D eigenvalue weighted by Crippen LogP contribution is -2.50. The van der Waals surface area contributed by atoms with Crippen molar-refractivity contribution in [3.8, 4) is 0 Å². The van der Waals surface area contributed by atoms with E-state index in [1.807, 2.05) is 18.3 Å². The topological polar surface area (TPSA) is 41.5 Å². The molecule has 2 aliphatic heterocycles. The number of benzene rings is 1. The summed E-state index contributed by atoms with van der Waals surface area (Å²) in [7, 11) is 0. The van der Waals surface area contributed by atoms with Gasteiger partial charge in [-0.1, -0.05) is 12.1 Å². The number of ether oxygens (including phenoxy) is 1. The molecule has 2 fully saturated rings. The van der Waals surface area contributed by atoms with Crippen molar-refractivity contribution < 1.29 is 9.13 Å². The standard InChI is InChI=1S/C20H25FN4O/c21-18-4-2-17(3-5-18)13-24-9-1-6-20(14-24)15-25(10-11-26-16-20)19-12-22-7-8-23-19/h2-5,7-8,12H,1,6,9-11,13-16H2/t20-/m1/s1. The van der Waals surface area contributed by atoms with Gasteiger partial charge in [0.1, 0.15) is 11.6 Å². The Morgan fingerprint density at radius 2 is 2.00 bits per heavy atom. The molecule has 0 N–H and O–H groups in total. The summed E-state index contributed by atoms with van der Waals surface area (Å²) in [5.74, 6) is 0.744. The smallest absolute Gasteiger partial charge is 0.147 e. The molecule has 4 rings (SSSR count). The zero-order chi connectivity index (χ0) is 17.8. The minimum atomic E-state index is -0.180. The van der Waals surface area contributed by atoms with E-state index in [4.69, 9.17) is 4.74 Å². The fraction of sp³-hybridized carbons (Fsp3) is 0.500. The van der Waals surface area contributed by atoms with Crippen molar-refractivity contribution in [2.75, 3.05) is 44.3 Å². The van der Waals surface area contributed by atoms with Gasteiger partial charge < -0.3 is 9.64 Å². The van der Waals surface area contributed by atoms with Gasteiger partial charge in [0.05, 0.1) is 19.4 Å². The maximum absolute atomic E-state index is 13.2. The highest BCUT2D eigenvalue weighted by atomic mass is 19.1. The lowest BCUT2D eigenvalue weighted by atomic mass is 9.80. The Morgan fingerprint density at radius 1 is 1.12 bits per heavy atom. The summed E-state index contributed by atoms with van der Waals surface area (Å²) in [6.45, 7) is 6.20. The van der Waals surface area contributed by atoms with Gasteiger partial charge in [-0.15, -0.1) is 0 Å². The summed E-state index contributed by atoms with van der Waals surface area (Å²) in [6.07, 6.45) is 7.59. The van der Waals surface area contributed by atoms with Crippen LogP contribution in [-0.2, 0) is 11.3 Å². The predicted molar refractivity (Wildman–Crippen MR) is 98.4 cm³/mol.